The molecule has 0 aliphatic heterocycles. The van der Waals surface area contributed by atoms with Crippen LogP contribution in [0.5, 0.6) is 0 Å². The summed E-state index contributed by atoms with van der Waals surface area (Å²) >= 11 is 0. The van der Waals surface area contributed by atoms with E-state index in [0.717, 1.165) is 37.0 Å². The predicted molar refractivity (Wildman–Crippen MR) is 112 cm³/mol. The summed E-state index contributed by atoms with van der Waals surface area (Å²) in [5, 5.41) is 0.697. The molecule has 0 spiro atoms. The van der Waals surface area contributed by atoms with E-state index in [0.29, 0.717) is 23.4 Å². The minimum Gasteiger partial charge on any atom is -0.309 e. The number of fused-ring (bicyclic) bond motifs is 1. The molecule has 0 radical (unpaired) electrons. The minimum absolute atomic E-state index is 0.353. The predicted octanol–water partition coefficient (Wildman–Crippen LogP) is 2.44. The van der Waals surface area contributed by atoms with Crippen molar-refractivity contribution in [3.63, 3.8) is 0 Å². The van der Waals surface area contributed by atoms with Crippen molar-refractivity contribution in [2.45, 2.75) is 24.7 Å². The molecule has 0 fully saturated rings. The third-order valence-electron chi connectivity index (χ3n) is 4.57. The first-order valence-corrected chi connectivity index (χ1v) is 10.8. The van der Waals surface area contributed by atoms with Crippen LogP contribution in [0.3, 0.4) is 0 Å². The minimum atomic E-state index is -3.58. The van der Waals surface area contributed by atoms with E-state index in [4.69, 9.17) is 0 Å². The maximum atomic E-state index is 13.5. The third-order valence-corrected chi connectivity index (χ3v) is 6.53. The van der Waals surface area contributed by atoms with Gasteiger partial charge in [0.2, 0.25) is 10.0 Å². The van der Waals surface area contributed by atoms with Crippen molar-refractivity contribution < 1.29 is 8.42 Å². The van der Waals surface area contributed by atoms with Gasteiger partial charge in [-0.05, 0) is 84.8 Å². The van der Waals surface area contributed by atoms with E-state index in [1.54, 1.807) is 22.6 Å². The van der Waals surface area contributed by atoms with Gasteiger partial charge < -0.3 is 9.80 Å². The van der Waals surface area contributed by atoms with Crippen LogP contribution >= 0.6 is 0 Å². The molecule has 7 heteroatoms. The van der Waals surface area contributed by atoms with Crippen LogP contribution in [0.25, 0.3) is 10.9 Å². The molecule has 0 unspecified atom stereocenters. The van der Waals surface area contributed by atoms with Crippen LogP contribution < -0.4 is 0 Å². The van der Waals surface area contributed by atoms with Crippen molar-refractivity contribution in [1.29, 1.82) is 0 Å². The Labute approximate surface area is 163 Å². The molecule has 0 bridgehead atoms. The number of sulfonamides is 1. The SMILES string of the molecule is Cc1ccc(S(=O)(=O)N(CCCN(C)C)CCCN(C)C)c2cccnc12. The summed E-state index contributed by atoms with van der Waals surface area (Å²) in [7, 11) is 4.43. The van der Waals surface area contributed by atoms with Crippen LogP contribution in [-0.2, 0) is 10.0 Å². The second-order valence-electron chi connectivity index (χ2n) is 7.50. The lowest BCUT2D eigenvalue weighted by Gasteiger charge is -2.24. The van der Waals surface area contributed by atoms with E-state index >= 15 is 0 Å². The summed E-state index contributed by atoms with van der Waals surface area (Å²) in [6.07, 6.45) is 3.31. The van der Waals surface area contributed by atoms with Crippen LogP contribution in [0.15, 0.2) is 35.4 Å². The van der Waals surface area contributed by atoms with Crippen molar-refractivity contribution in [3.8, 4) is 0 Å². The molecular formula is C20H32N4O2S. The maximum Gasteiger partial charge on any atom is 0.243 e. The molecule has 150 valence electrons. The highest BCUT2D eigenvalue weighted by Crippen LogP contribution is 2.27. The molecule has 0 aliphatic rings. The summed E-state index contributed by atoms with van der Waals surface area (Å²) in [6, 6.07) is 7.21. The molecule has 0 saturated heterocycles. The first-order chi connectivity index (χ1) is 12.7. The lowest BCUT2D eigenvalue weighted by Crippen LogP contribution is -2.35. The zero-order valence-electron chi connectivity index (χ0n) is 17.1. The Bertz CT molecular complexity index is 836. The molecule has 1 aromatic carbocycles. The quantitative estimate of drug-likeness (QED) is 0.622. The molecule has 1 heterocycles. The molecule has 0 saturated carbocycles. The number of hydrogen-bond acceptors (Lipinski definition) is 5. The fourth-order valence-corrected chi connectivity index (χ4v) is 4.83. The highest BCUT2D eigenvalue weighted by atomic mass is 32.2. The molecule has 0 aliphatic carbocycles. The van der Waals surface area contributed by atoms with E-state index in [1.807, 2.05) is 47.2 Å². The summed E-state index contributed by atoms with van der Waals surface area (Å²) < 4.78 is 28.6. The highest BCUT2D eigenvalue weighted by Gasteiger charge is 2.26. The molecular weight excluding hydrogens is 360 g/mol. The van der Waals surface area contributed by atoms with Gasteiger partial charge in [0.25, 0.3) is 0 Å². The van der Waals surface area contributed by atoms with Gasteiger partial charge in [0, 0.05) is 24.7 Å². The van der Waals surface area contributed by atoms with Gasteiger partial charge in [-0.25, -0.2) is 8.42 Å². The van der Waals surface area contributed by atoms with E-state index in [1.165, 1.54) is 0 Å². The average Bonchev–Trinajstić information content (AvgIpc) is 2.60. The normalized spacial score (nSPS) is 12.6. The zero-order valence-corrected chi connectivity index (χ0v) is 18.0. The Morgan fingerprint density at radius 1 is 0.889 bits per heavy atom. The number of nitrogens with zero attached hydrogens (tertiary/aromatic N) is 4. The Hall–Kier alpha value is -1.54. The second kappa shape index (κ2) is 9.59. The molecule has 1 aromatic heterocycles. The molecule has 2 rings (SSSR count). The lowest BCUT2D eigenvalue weighted by molar-refractivity contribution is 0.327. The maximum absolute atomic E-state index is 13.5. The van der Waals surface area contributed by atoms with Gasteiger partial charge >= 0.3 is 0 Å². The third kappa shape index (κ3) is 5.72. The smallest absolute Gasteiger partial charge is 0.243 e. The van der Waals surface area contributed by atoms with Gasteiger partial charge in [0.05, 0.1) is 10.4 Å². The topological polar surface area (TPSA) is 56.8 Å². The summed E-state index contributed by atoms with van der Waals surface area (Å²) in [5.74, 6) is 0. The Morgan fingerprint density at radius 2 is 1.48 bits per heavy atom. The molecule has 0 amide bonds. The lowest BCUT2D eigenvalue weighted by atomic mass is 10.1. The number of benzene rings is 1. The van der Waals surface area contributed by atoms with Crippen LogP contribution in [0.1, 0.15) is 18.4 Å². The van der Waals surface area contributed by atoms with Crippen molar-refractivity contribution >= 4 is 20.9 Å². The molecule has 2 aromatic rings. The largest absolute Gasteiger partial charge is 0.309 e. The fourth-order valence-electron chi connectivity index (χ4n) is 3.13. The van der Waals surface area contributed by atoms with E-state index in [9.17, 15) is 8.42 Å². The van der Waals surface area contributed by atoms with Gasteiger partial charge in [-0.2, -0.15) is 4.31 Å². The first-order valence-electron chi connectivity index (χ1n) is 9.37. The van der Waals surface area contributed by atoms with Crippen molar-refractivity contribution in [2.24, 2.45) is 0 Å². The molecule has 0 atom stereocenters. The number of aryl methyl sites for hydroxylation is 1. The van der Waals surface area contributed by atoms with Crippen molar-refractivity contribution in [2.75, 3.05) is 54.4 Å². The Morgan fingerprint density at radius 3 is 2.04 bits per heavy atom. The second-order valence-corrected chi connectivity index (χ2v) is 9.40. The summed E-state index contributed by atoms with van der Waals surface area (Å²) in [6.45, 7) is 4.70. The summed E-state index contributed by atoms with van der Waals surface area (Å²) in [5.41, 5.74) is 1.73. The van der Waals surface area contributed by atoms with Gasteiger partial charge in [0.15, 0.2) is 0 Å². The zero-order chi connectivity index (χ0) is 20.0. The van der Waals surface area contributed by atoms with Gasteiger partial charge in [-0.3, -0.25) is 4.98 Å². The van der Waals surface area contributed by atoms with Crippen molar-refractivity contribution in [1.82, 2.24) is 19.1 Å². The van der Waals surface area contributed by atoms with Crippen molar-refractivity contribution in [3.05, 3.63) is 36.0 Å². The first kappa shape index (κ1) is 21.8. The van der Waals surface area contributed by atoms with Crippen LogP contribution in [0.2, 0.25) is 0 Å². The highest BCUT2D eigenvalue weighted by molar-refractivity contribution is 7.89. The monoisotopic (exact) mass is 392 g/mol. The molecule has 0 N–H and O–H groups in total. The van der Waals surface area contributed by atoms with E-state index in [-0.39, 0.29) is 0 Å². The van der Waals surface area contributed by atoms with E-state index < -0.39 is 10.0 Å². The summed E-state index contributed by atoms with van der Waals surface area (Å²) in [4.78, 5) is 8.90. The van der Waals surface area contributed by atoms with Gasteiger partial charge in [0.1, 0.15) is 0 Å². The van der Waals surface area contributed by atoms with Gasteiger partial charge in [-0.1, -0.05) is 6.07 Å². The van der Waals surface area contributed by atoms with Gasteiger partial charge in [-0.15, -0.1) is 0 Å². The number of aromatic nitrogens is 1. The number of hydrogen-bond donors (Lipinski definition) is 0. The van der Waals surface area contributed by atoms with E-state index in [2.05, 4.69) is 14.8 Å². The number of rotatable bonds is 10. The van der Waals surface area contributed by atoms with Crippen LogP contribution in [0, 0.1) is 6.92 Å². The Kier molecular flexibility index (Phi) is 7.73. The van der Waals surface area contributed by atoms with Crippen LogP contribution in [-0.4, -0.2) is 81.9 Å². The van der Waals surface area contributed by atoms with Crippen LogP contribution in [0.4, 0.5) is 0 Å². The molecule has 6 nitrogen and oxygen atoms in total. The standard InChI is InChI=1S/C20H32N4O2S/c1-17-10-11-19(18-9-6-12-21-20(17)18)27(25,26)24(15-7-13-22(2)3)16-8-14-23(4)5/h6,9-12H,7-8,13-16H2,1-5H3. The Balaban J connectivity index is 2.35. The molecule has 27 heavy (non-hydrogen) atoms. The number of pyridine rings is 1. The average molecular weight is 393 g/mol. The fraction of sp³-hybridized carbons (Fsp3) is 0.550.